The molecule has 11 heteroatoms. The number of phosphoric acid groups is 1. The minimum absolute atomic E-state index is 0.162. The van der Waals surface area contributed by atoms with Gasteiger partial charge in [0.1, 0.15) is 12.7 Å². The van der Waals surface area contributed by atoms with Gasteiger partial charge >= 0.3 is 11.9 Å². The van der Waals surface area contributed by atoms with Gasteiger partial charge in [-0.3, -0.25) is 14.2 Å². The summed E-state index contributed by atoms with van der Waals surface area (Å²) in [5.41, 5.74) is 0. The number of ether oxygens (including phenoxy) is 2. The molecule has 51 heavy (non-hydrogen) atoms. The molecule has 0 aromatic carbocycles. The molecule has 0 radical (unpaired) electrons. The molecule has 0 aliphatic carbocycles. The number of aliphatic hydroxyl groups is 2. The van der Waals surface area contributed by atoms with Gasteiger partial charge in [0, 0.05) is 12.8 Å². The number of allylic oxidation sites excluding steroid dienone is 2. The highest BCUT2D eigenvalue weighted by Gasteiger charge is 2.21. The van der Waals surface area contributed by atoms with Crippen LogP contribution in [-0.4, -0.2) is 60.8 Å². The van der Waals surface area contributed by atoms with Gasteiger partial charge in [0.25, 0.3) is 7.82 Å². The number of esters is 2. The highest BCUT2D eigenvalue weighted by atomic mass is 31.2. The molecule has 0 aliphatic rings. The van der Waals surface area contributed by atoms with Crippen molar-refractivity contribution in [2.75, 3.05) is 26.4 Å². The Kier molecular flexibility index (Phi) is 36.1. The number of aliphatic hydroxyl groups excluding tert-OH is 2. The summed E-state index contributed by atoms with van der Waals surface area (Å²) in [6, 6.07) is 0. The van der Waals surface area contributed by atoms with Gasteiger partial charge in [-0.1, -0.05) is 154 Å². The number of rotatable bonds is 39. The van der Waals surface area contributed by atoms with Crippen molar-refractivity contribution >= 4 is 19.8 Å². The van der Waals surface area contributed by atoms with Crippen LogP contribution in [-0.2, 0) is 32.7 Å². The molecule has 1 unspecified atom stereocenters. The summed E-state index contributed by atoms with van der Waals surface area (Å²) in [5, 5.41) is 18.2. The molecule has 0 saturated carbocycles. The van der Waals surface area contributed by atoms with Gasteiger partial charge < -0.3 is 33.6 Å². The van der Waals surface area contributed by atoms with Crippen molar-refractivity contribution in [3.63, 3.8) is 0 Å². The topological polar surface area (TPSA) is 152 Å². The van der Waals surface area contributed by atoms with Crippen LogP contribution < -0.4 is 4.89 Å². The molecular weight excluding hydrogens is 671 g/mol. The SMILES string of the molecule is CCCCCC/C=C\CCCCCCCC(=O)O[C@H](COC(=O)CCCCCCCCCCCCCCCCC)COP(=O)([O-])OC[C@@H](O)CO. The number of carbonyl (C=O) groups excluding carboxylic acids is 2. The molecule has 0 fully saturated rings. The van der Waals surface area contributed by atoms with Gasteiger partial charge in [-0.05, 0) is 38.5 Å². The van der Waals surface area contributed by atoms with E-state index in [1.54, 1.807) is 0 Å². The van der Waals surface area contributed by atoms with Crippen molar-refractivity contribution < 1.29 is 47.8 Å². The van der Waals surface area contributed by atoms with Crippen LogP contribution in [0.2, 0.25) is 0 Å². The summed E-state index contributed by atoms with van der Waals surface area (Å²) < 4.78 is 32.3. The lowest BCUT2D eigenvalue weighted by Gasteiger charge is -2.26. The molecule has 0 aromatic heterocycles. The molecule has 0 saturated heterocycles. The third-order valence-corrected chi connectivity index (χ3v) is 9.84. The standard InChI is InChI=1S/C40H77O10P/c1-3-5-7-9-11-13-15-17-18-20-21-23-25-27-29-31-39(43)47-35-38(36-49-51(45,46)48-34-37(42)33-41)50-40(44)32-30-28-26-24-22-19-16-14-12-10-8-6-4-2/h14,16,37-38,41-42H,3-13,15,17-36H2,1-2H3,(H,45,46)/p-1/b16-14-/t37-,38+/m0/s1. The Hall–Kier alpha value is -1.29. The first kappa shape index (κ1) is 49.7. The molecule has 10 nitrogen and oxygen atoms in total. The maximum absolute atomic E-state index is 12.5. The van der Waals surface area contributed by atoms with Gasteiger partial charge in [0.2, 0.25) is 0 Å². The van der Waals surface area contributed by atoms with E-state index in [4.69, 9.17) is 19.1 Å². The first-order valence-electron chi connectivity index (χ1n) is 20.6. The maximum Gasteiger partial charge on any atom is 0.306 e. The van der Waals surface area contributed by atoms with Gasteiger partial charge in [0.15, 0.2) is 6.10 Å². The fourth-order valence-corrected chi connectivity index (χ4v) is 6.47. The molecule has 0 aromatic rings. The fourth-order valence-electron chi connectivity index (χ4n) is 5.69. The fraction of sp³-hybridized carbons (Fsp3) is 0.900. The van der Waals surface area contributed by atoms with Crippen LogP contribution in [0.25, 0.3) is 0 Å². The predicted octanol–water partition coefficient (Wildman–Crippen LogP) is 9.81. The van der Waals surface area contributed by atoms with Crippen molar-refractivity contribution in [1.29, 1.82) is 0 Å². The summed E-state index contributed by atoms with van der Waals surface area (Å²) >= 11 is 0. The number of hydrogen-bond donors (Lipinski definition) is 2. The van der Waals surface area contributed by atoms with Crippen molar-refractivity contribution in [3.05, 3.63) is 12.2 Å². The first-order valence-corrected chi connectivity index (χ1v) is 22.1. The van der Waals surface area contributed by atoms with E-state index in [1.165, 1.54) is 96.3 Å². The minimum Gasteiger partial charge on any atom is -0.756 e. The second kappa shape index (κ2) is 37.0. The monoisotopic (exact) mass is 748 g/mol. The Morgan fingerprint density at radius 1 is 0.588 bits per heavy atom. The zero-order chi connectivity index (χ0) is 37.7. The van der Waals surface area contributed by atoms with E-state index < -0.39 is 51.8 Å². The first-order chi connectivity index (χ1) is 24.7. The maximum atomic E-state index is 12.5. The van der Waals surface area contributed by atoms with E-state index in [2.05, 4.69) is 30.5 Å². The number of carbonyl (C=O) groups is 2. The van der Waals surface area contributed by atoms with E-state index >= 15 is 0 Å². The zero-order valence-electron chi connectivity index (χ0n) is 32.5. The van der Waals surface area contributed by atoms with Crippen LogP contribution in [0.5, 0.6) is 0 Å². The summed E-state index contributed by atoms with van der Waals surface area (Å²) in [6.07, 6.45) is 32.9. The van der Waals surface area contributed by atoms with Crippen molar-refractivity contribution in [3.8, 4) is 0 Å². The number of hydrogen-bond acceptors (Lipinski definition) is 10. The Bertz CT molecular complexity index is 868. The molecule has 0 amide bonds. The lowest BCUT2D eigenvalue weighted by atomic mass is 10.0. The second-order valence-electron chi connectivity index (χ2n) is 14.0. The Morgan fingerprint density at radius 3 is 1.45 bits per heavy atom. The van der Waals surface area contributed by atoms with E-state index in [9.17, 15) is 24.2 Å². The molecule has 302 valence electrons. The molecule has 0 aliphatic heterocycles. The van der Waals surface area contributed by atoms with Gasteiger partial charge in [0.05, 0.1) is 19.8 Å². The highest BCUT2D eigenvalue weighted by molar-refractivity contribution is 7.45. The van der Waals surface area contributed by atoms with E-state index in [0.29, 0.717) is 12.8 Å². The number of unbranched alkanes of at least 4 members (excludes halogenated alkanes) is 23. The molecule has 3 atom stereocenters. The van der Waals surface area contributed by atoms with E-state index in [-0.39, 0.29) is 19.4 Å². The lowest BCUT2D eigenvalue weighted by molar-refractivity contribution is -0.230. The molecular formula is C40H76O10P-. The Labute approximate surface area is 311 Å². The van der Waals surface area contributed by atoms with Crippen molar-refractivity contribution in [2.45, 2.75) is 206 Å². The Morgan fingerprint density at radius 2 is 0.980 bits per heavy atom. The quantitative estimate of drug-likeness (QED) is 0.0269. The zero-order valence-corrected chi connectivity index (χ0v) is 33.4. The second-order valence-corrected chi connectivity index (χ2v) is 15.4. The largest absolute Gasteiger partial charge is 0.756 e. The molecule has 2 N–H and O–H groups in total. The smallest absolute Gasteiger partial charge is 0.306 e. The molecule has 0 spiro atoms. The number of phosphoric ester groups is 1. The normalized spacial score (nSPS) is 14.1. The minimum atomic E-state index is -4.86. The molecule has 0 bridgehead atoms. The molecule has 0 heterocycles. The third-order valence-electron chi connectivity index (χ3n) is 8.91. The lowest BCUT2D eigenvalue weighted by Crippen LogP contribution is -2.30. The van der Waals surface area contributed by atoms with Gasteiger partial charge in [-0.25, -0.2) is 0 Å². The van der Waals surface area contributed by atoms with Gasteiger partial charge in [-0.2, -0.15) is 0 Å². The third kappa shape index (κ3) is 36.8. The van der Waals surface area contributed by atoms with E-state index in [0.717, 1.165) is 57.8 Å². The summed E-state index contributed by atoms with van der Waals surface area (Å²) in [5.74, 6) is -0.963. The van der Waals surface area contributed by atoms with Crippen LogP contribution in [0.15, 0.2) is 12.2 Å². The van der Waals surface area contributed by atoms with Gasteiger partial charge in [-0.15, -0.1) is 0 Å². The predicted molar refractivity (Wildman–Crippen MR) is 203 cm³/mol. The van der Waals surface area contributed by atoms with Crippen molar-refractivity contribution in [2.24, 2.45) is 0 Å². The summed E-state index contributed by atoms with van der Waals surface area (Å²) in [4.78, 5) is 37.0. The van der Waals surface area contributed by atoms with E-state index in [1.807, 2.05) is 0 Å². The summed E-state index contributed by atoms with van der Waals surface area (Å²) in [6.45, 7) is 2.18. The van der Waals surface area contributed by atoms with Crippen LogP contribution in [0.3, 0.4) is 0 Å². The summed E-state index contributed by atoms with van der Waals surface area (Å²) in [7, 11) is -4.86. The van der Waals surface area contributed by atoms with Crippen LogP contribution in [0.1, 0.15) is 194 Å². The molecule has 0 rings (SSSR count). The Balaban J connectivity index is 4.30. The average molecular weight is 748 g/mol. The van der Waals surface area contributed by atoms with Crippen LogP contribution in [0.4, 0.5) is 0 Å². The van der Waals surface area contributed by atoms with Crippen LogP contribution in [0, 0.1) is 0 Å². The highest BCUT2D eigenvalue weighted by Crippen LogP contribution is 2.38. The average Bonchev–Trinajstić information content (AvgIpc) is 3.12. The van der Waals surface area contributed by atoms with Crippen molar-refractivity contribution in [1.82, 2.24) is 0 Å². The van der Waals surface area contributed by atoms with Crippen LogP contribution >= 0.6 is 7.82 Å².